The summed E-state index contributed by atoms with van der Waals surface area (Å²) in [6, 6.07) is 14.2. The fraction of sp³-hybridized carbons (Fsp3) is 0.478. The molecule has 0 atom stereocenters. The van der Waals surface area contributed by atoms with Crippen LogP contribution in [-0.2, 0) is 5.60 Å². The maximum atomic E-state index is 11.1. The summed E-state index contributed by atoms with van der Waals surface area (Å²) in [5.74, 6) is 0. The third kappa shape index (κ3) is 5.19. The molecule has 4 nitrogen and oxygen atoms in total. The number of rotatable bonds is 8. The Hall–Kier alpha value is -1.75. The maximum Gasteiger partial charge on any atom is 0.0930 e. The lowest BCUT2D eigenvalue weighted by Crippen LogP contribution is -2.42. The van der Waals surface area contributed by atoms with Crippen LogP contribution in [0.2, 0.25) is 5.02 Å². The van der Waals surface area contributed by atoms with E-state index in [-0.39, 0.29) is 0 Å². The van der Waals surface area contributed by atoms with Crippen molar-refractivity contribution in [1.82, 2.24) is 0 Å². The molecule has 0 bridgehead atoms. The van der Waals surface area contributed by atoms with E-state index in [1.807, 2.05) is 24.3 Å². The van der Waals surface area contributed by atoms with Gasteiger partial charge in [-0.3, -0.25) is 0 Å². The van der Waals surface area contributed by atoms with Crippen molar-refractivity contribution in [1.29, 1.82) is 0 Å². The van der Waals surface area contributed by atoms with Crippen LogP contribution in [0.3, 0.4) is 0 Å². The summed E-state index contributed by atoms with van der Waals surface area (Å²) in [4.78, 5) is 2.38. The van der Waals surface area contributed by atoms with Crippen molar-refractivity contribution in [2.45, 2.75) is 44.6 Å². The van der Waals surface area contributed by atoms with Crippen LogP contribution >= 0.6 is 11.6 Å². The second-order valence-corrected chi connectivity index (χ2v) is 8.24. The second-order valence-electron chi connectivity index (χ2n) is 7.80. The minimum atomic E-state index is -0.764. The Morgan fingerprint density at radius 3 is 2.43 bits per heavy atom. The van der Waals surface area contributed by atoms with Gasteiger partial charge in [0.15, 0.2) is 0 Å². The van der Waals surface area contributed by atoms with Gasteiger partial charge >= 0.3 is 0 Å². The van der Waals surface area contributed by atoms with E-state index in [0.717, 1.165) is 57.4 Å². The molecule has 0 spiro atoms. The number of nitrogens with zero attached hydrogens (tertiary/aromatic N) is 1. The number of nitrogens with two attached hydrogens (primary N) is 1. The van der Waals surface area contributed by atoms with Gasteiger partial charge in [0.05, 0.1) is 5.60 Å². The summed E-state index contributed by atoms with van der Waals surface area (Å²) in [5, 5.41) is 15.3. The van der Waals surface area contributed by atoms with Crippen molar-refractivity contribution in [3.63, 3.8) is 0 Å². The first-order chi connectivity index (χ1) is 13.5. The molecule has 0 aliphatic carbocycles. The van der Waals surface area contributed by atoms with Crippen molar-refractivity contribution < 1.29 is 5.11 Å². The Morgan fingerprint density at radius 1 is 1.07 bits per heavy atom. The monoisotopic (exact) mass is 401 g/mol. The number of aryl methyl sites for hydroxylation is 1. The van der Waals surface area contributed by atoms with Gasteiger partial charge in [0.1, 0.15) is 0 Å². The van der Waals surface area contributed by atoms with Crippen LogP contribution in [-0.4, -0.2) is 31.3 Å². The molecule has 5 heteroatoms. The number of benzene rings is 2. The lowest BCUT2D eigenvalue weighted by atomic mass is 9.84. The first-order valence-corrected chi connectivity index (χ1v) is 10.7. The highest BCUT2D eigenvalue weighted by molar-refractivity contribution is 6.30. The minimum absolute atomic E-state index is 0.702. The molecular formula is C23H32ClN3O. The van der Waals surface area contributed by atoms with Gasteiger partial charge in [-0.15, -0.1) is 0 Å². The number of anilines is 2. The lowest BCUT2D eigenvalue weighted by molar-refractivity contribution is 0.0117. The number of nitrogens with one attached hydrogen (secondary N) is 1. The summed E-state index contributed by atoms with van der Waals surface area (Å²) in [7, 11) is 0. The number of unbranched alkanes of at least 4 members (excludes halogenated alkanes) is 2. The van der Waals surface area contributed by atoms with Gasteiger partial charge < -0.3 is 21.1 Å². The number of piperidine rings is 1. The van der Waals surface area contributed by atoms with Crippen molar-refractivity contribution in [2.75, 3.05) is 36.4 Å². The molecular weight excluding hydrogens is 370 g/mol. The number of hydrogen-bond acceptors (Lipinski definition) is 4. The second kappa shape index (κ2) is 9.64. The molecule has 1 fully saturated rings. The van der Waals surface area contributed by atoms with E-state index in [0.29, 0.717) is 5.02 Å². The molecule has 0 aromatic heterocycles. The molecule has 2 aromatic rings. The summed E-state index contributed by atoms with van der Waals surface area (Å²) in [5.41, 5.74) is 9.43. The van der Waals surface area contributed by atoms with E-state index in [1.165, 1.54) is 23.4 Å². The topological polar surface area (TPSA) is 61.5 Å². The Kier molecular flexibility index (Phi) is 7.22. The van der Waals surface area contributed by atoms with Crippen LogP contribution in [0.4, 0.5) is 11.4 Å². The molecule has 1 aliphatic heterocycles. The summed E-state index contributed by atoms with van der Waals surface area (Å²) >= 11 is 5.98. The predicted molar refractivity (Wildman–Crippen MR) is 119 cm³/mol. The molecule has 1 aliphatic rings. The highest BCUT2D eigenvalue weighted by Crippen LogP contribution is 2.36. The van der Waals surface area contributed by atoms with E-state index in [4.69, 9.17) is 17.3 Å². The Balaban J connectivity index is 1.57. The Morgan fingerprint density at radius 2 is 1.79 bits per heavy atom. The SMILES string of the molecule is Cc1cc(NCCCCCN)ccc1N1CCC(O)(c2ccc(Cl)cc2)CC1. The third-order valence-electron chi connectivity index (χ3n) is 5.72. The van der Waals surface area contributed by atoms with Gasteiger partial charge in [-0.2, -0.15) is 0 Å². The van der Waals surface area contributed by atoms with Crippen molar-refractivity contribution in [3.8, 4) is 0 Å². The molecule has 1 heterocycles. The van der Waals surface area contributed by atoms with Crippen molar-refractivity contribution in [3.05, 3.63) is 58.6 Å². The average Bonchev–Trinajstić information content (AvgIpc) is 2.69. The van der Waals surface area contributed by atoms with Gasteiger partial charge in [0, 0.05) is 36.0 Å². The third-order valence-corrected chi connectivity index (χ3v) is 5.97. The van der Waals surface area contributed by atoms with E-state index in [9.17, 15) is 5.11 Å². The number of aliphatic hydroxyl groups is 1. The minimum Gasteiger partial charge on any atom is -0.385 e. The zero-order chi connectivity index (χ0) is 20.0. The summed E-state index contributed by atoms with van der Waals surface area (Å²) in [6.45, 7) is 5.60. The summed E-state index contributed by atoms with van der Waals surface area (Å²) < 4.78 is 0. The molecule has 0 amide bonds. The highest BCUT2D eigenvalue weighted by atomic mass is 35.5. The van der Waals surface area contributed by atoms with Crippen LogP contribution < -0.4 is 16.0 Å². The Bertz CT molecular complexity index is 755. The molecule has 0 unspecified atom stereocenters. The molecule has 3 rings (SSSR count). The quantitative estimate of drug-likeness (QED) is 0.562. The van der Waals surface area contributed by atoms with E-state index < -0.39 is 5.60 Å². The summed E-state index contributed by atoms with van der Waals surface area (Å²) in [6.07, 6.45) is 4.85. The molecule has 1 saturated heterocycles. The number of hydrogen-bond donors (Lipinski definition) is 3. The standard InChI is InChI=1S/C23H32ClN3O/c1-18-17-21(26-14-4-2-3-13-25)9-10-22(18)27-15-11-23(28,12-16-27)19-5-7-20(24)8-6-19/h5-10,17,26,28H,2-4,11-16,25H2,1H3. The number of halogens is 1. The zero-order valence-electron chi connectivity index (χ0n) is 16.8. The maximum absolute atomic E-state index is 11.1. The van der Waals surface area contributed by atoms with E-state index in [2.05, 4.69) is 35.3 Å². The first kappa shape index (κ1) is 21.0. The fourth-order valence-corrected chi connectivity index (χ4v) is 4.09. The Labute approximate surface area is 173 Å². The van der Waals surface area contributed by atoms with Crippen LogP contribution in [0, 0.1) is 6.92 Å². The fourth-order valence-electron chi connectivity index (χ4n) is 3.97. The molecule has 2 aromatic carbocycles. The smallest absolute Gasteiger partial charge is 0.0930 e. The van der Waals surface area contributed by atoms with E-state index >= 15 is 0 Å². The van der Waals surface area contributed by atoms with Crippen LogP contribution in [0.25, 0.3) is 0 Å². The van der Waals surface area contributed by atoms with Crippen molar-refractivity contribution >= 4 is 23.0 Å². The normalized spacial score (nSPS) is 16.2. The van der Waals surface area contributed by atoms with Gasteiger partial charge in [0.25, 0.3) is 0 Å². The van der Waals surface area contributed by atoms with Gasteiger partial charge in [-0.05, 0) is 80.6 Å². The zero-order valence-corrected chi connectivity index (χ0v) is 17.5. The van der Waals surface area contributed by atoms with Gasteiger partial charge in [-0.25, -0.2) is 0 Å². The molecule has 0 saturated carbocycles. The average molecular weight is 402 g/mol. The van der Waals surface area contributed by atoms with Gasteiger partial charge in [-0.1, -0.05) is 30.2 Å². The van der Waals surface area contributed by atoms with E-state index in [1.54, 1.807) is 0 Å². The molecule has 152 valence electrons. The van der Waals surface area contributed by atoms with Crippen LogP contribution in [0.1, 0.15) is 43.2 Å². The molecule has 0 radical (unpaired) electrons. The van der Waals surface area contributed by atoms with Crippen molar-refractivity contribution in [2.24, 2.45) is 5.73 Å². The van der Waals surface area contributed by atoms with Crippen LogP contribution in [0.15, 0.2) is 42.5 Å². The van der Waals surface area contributed by atoms with Gasteiger partial charge in [0.2, 0.25) is 0 Å². The molecule has 28 heavy (non-hydrogen) atoms. The molecule has 4 N–H and O–H groups in total. The highest BCUT2D eigenvalue weighted by Gasteiger charge is 2.34. The lowest BCUT2D eigenvalue weighted by Gasteiger charge is -2.40. The largest absolute Gasteiger partial charge is 0.385 e. The van der Waals surface area contributed by atoms with Crippen LogP contribution in [0.5, 0.6) is 0 Å². The predicted octanol–water partition coefficient (Wildman–Crippen LogP) is 4.68. The first-order valence-electron chi connectivity index (χ1n) is 10.3.